The molecule has 0 spiro atoms. The first kappa shape index (κ1) is 25.4. The van der Waals surface area contributed by atoms with Crippen molar-refractivity contribution in [2.45, 2.75) is 38.4 Å². The second kappa shape index (κ2) is 9.88. The van der Waals surface area contributed by atoms with Gasteiger partial charge in [-0.25, -0.2) is 9.59 Å². The lowest BCUT2D eigenvalue weighted by Crippen LogP contribution is -2.58. The Hall–Kier alpha value is -3.28. The van der Waals surface area contributed by atoms with Crippen LogP contribution in [0.2, 0.25) is 0 Å². The Labute approximate surface area is 216 Å². The topological polar surface area (TPSA) is 143 Å². The molecule has 3 amide bonds. The molecule has 3 atom stereocenters. The van der Waals surface area contributed by atoms with Gasteiger partial charge in [0.1, 0.15) is 5.82 Å². The monoisotopic (exact) mass is 508 g/mol. The summed E-state index contributed by atoms with van der Waals surface area (Å²) in [5.74, 6) is 1.43. The SMILES string of the molecule is CC(C)(N)C(=O)N1CCN(C(=O)Nc2ccn(-c3ccc(CN4CC5CC(N)C5C4)cc3)c(=O)n2)CC1. The molecule has 3 unspecified atom stereocenters. The predicted molar refractivity (Wildman–Crippen MR) is 140 cm³/mol. The normalized spacial score (nSPS) is 23.9. The van der Waals surface area contributed by atoms with Crippen molar-refractivity contribution in [1.82, 2.24) is 24.3 Å². The second-order valence-corrected chi connectivity index (χ2v) is 11.1. The molecule has 1 aromatic carbocycles. The number of amides is 3. The molecule has 2 aromatic rings. The first-order chi connectivity index (χ1) is 17.6. The van der Waals surface area contributed by atoms with Crippen LogP contribution in [0.1, 0.15) is 25.8 Å². The van der Waals surface area contributed by atoms with Gasteiger partial charge in [-0.05, 0) is 55.9 Å². The molecule has 0 radical (unpaired) electrons. The van der Waals surface area contributed by atoms with Crippen molar-refractivity contribution >= 4 is 17.8 Å². The molecule has 5 N–H and O–H groups in total. The first-order valence-electron chi connectivity index (χ1n) is 12.9. The van der Waals surface area contributed by atoms with Crippen LogP contribution in [-0.4, -0.2) is 87.0 Å². The van der Waals surface area contributed by atoms with Crippen molar-refractivity contribution in [2.75, 3.05) is 44.6 Å². The van der Waals surface area contributed by atoms with E-state index in [2.05, 4.69) is 15.2 Å². The number of nitrogens with zero attached hydrogens (tertiary/aromatic N) is 5. The average molecular weight is 509 g/mol. The molecular formula is C26H36N8O3. The van der Waals surface area contributed by atoms with Crippen molar-refractivity contribution in [2.24, 2.45) is 23.3 Å². The number of nitrogens with two attached hydrogens (primary N) is 2. The zero-order chi connectivity index (χ0) is 26.3. The van der Waals surface area contributed by atoms with Crippen molar-refractivity contribution < 1.29 is 9.59 Å². The first-order valence-corrected chi connectivity index (χ1v) is 12.9. The highest BCUT2D eigenvalue weighted by atomic mass is 16.2. The van der Waals surface area contributed by atoms with Crippen LogP contribution in [0.15, 0.2) is 41.3 Å². The summed E-state index contributed by atoms with van der Waals surface area (Å²) in [5.41, 5.74) is 12.5. The fourth-order valence-corrected chi connectivity index (χ4v) is 5.58. The smallest absolute Gasteiger partial charge is 0.338 e. The summed E-state index contributed by atoms with van der Waals surface area (Å²) in [6.07, 6.45) is 2.75. The molecule has 3 heterocycles. The summed E-state index contributed by atoms with van der Waals surface area (Å²) in [6, 6.07) is 9.50. The largest absolute Gasteiger partial charge is 0.354 e. The molecule has 11 nitrogen and oxygen atoms in total. The molecule has 2 saturated heterocycles. The van der Waals surface area contributed by atoms with Crippen LogP contribution in [-0.2, 0) is 11.3 Å². The minimum Gasteiger partial charge on any atom is -0.338 e. The lowest BCUT2D eigenvalue weighted by Gasteiger charge is -2.37. The molecule has 37 heavy (non-hydrogen) atoms. The van der Waals surface area contributed by atoms with E-state index in [1.165, 1.54) is 10.1 Å². The van der Waals surface area contributed by atoms with Gasteiger partial charge in [-0.3, -0.25) is 19.6 Å². The Morgan fingerprint density at radius 2 is 1.73 bits per heavy atom. The Bertz CT molecular complexity index is 1210. The summed E-state index contributed by atoms with van der Waals surface area (Å²) in [6.45, 7) is 7.96. The summed E-state index contributed by atoms with van der Waals surface area (Å²) in [4.78, 5) is 47.5. The third kappa shape index (κ3) is 5.39. The standard InChI is InChI=1S/C26H36N8O3/c1-26(2,28)23(35)32-9-11-33(12-10-32)24(36)29-22-7-8-34(25(37)30-22)19-5-3-17(4-6-19)14-31-15-18-13-21(27)20(18)16-31/h3-8,18,20-21H,9-16,27-28H2,1-2H3,(H,29,30,36,37). The maximum atomic E-state index is 12.7. The van der Waals surface area contributed by atoms with Crippen LogP contribution >= 0.6 is 0 Å². The third-order valence-corrected chi connectivity index (χ3v) is 7.76. The number of anilines is 1. The number of fused-ring (bicyclic) bond motifs is 1. The number of hydrogen-bond acceptors (Lipinski definition) is 7. The van der Waals surface area contributed by atoms with Crippen LogP contribution in [0, 0.1) is 11.8 Å². The molecule has 1 aromatic heterocycles. The van der Waals surface area contributed by atoms with E-state index in [0.29, 0.717) is 43.8 Å². The number of benzene rings is 1. The molecule has 1 aliphatic carbocycles. The Morgan fingerprint density at radius 1 is 1.05 bits per heavy atom. The van der Waals surface area contributed by atoms with Gasteiger partial charge in [-0.1, -0.05) is 12.1 Å². The molecule has 11 heteroatoms. The molecule has 5 rings (SSSR count). The van der Waals surface area contributed by atoms with Crippen LogP contribution in [0.4, 0.5) is 10.6 Å². The Morgan fingerprint density at radius 3 is 2.32 bits per heavy atom. The van der Waals surface area contributed by atoms with Crippen molar-refractivity contribution in [3.63, 3.8) is 0 Å². The highest BCUT2D eigenvalue weighted by Crippen LogP contribution is 2.40. The summed E-state index contributed by atoms with van der Waals surface area (Å²) in [5, 5.41) is 2.69. The van der Waals surface area contributed by atoms with Crippen LogP contribution in [0.5, 0.6) is 0 Å². The highest BCUT2D eigenvalue weighted by Gasteiger charge is 2.44. The maximum Gasteiger partial charge on any atom is 0.354 e. The molecule has 1 saturated carbocycles. The summed E-state index contributed by atoms with van der Waals surface area (Å²) < 4.78 is 1.45. The lowest BCUT2D eigenvalue weighted by molar-refractivity contribution is -0.137. The number of urea groups is 1. The summed E-state index contributed by atoms with van der Waals surface area (Å²) >= 11 is 0. The van der Waals surface area contributed by atoms with Crippen LogP contribution in [0.25, 0.3) is 5.69 Å². The zero-order valence-corrected chi connectivity index (χ0v) is 21.5. The van der Waals surface area contributed by atoms with Gasteiger partial charge < -0.3 is 21.3 Å². The number of likely N-dealkylation sites (tertiary alicyclic amines) is 1. The number of carbonyl (C=O) groups excluding carboxylic acids is 2. The van der Waals surface area contributed by atoms with Gasteiger partial charge >= 0.3 is 11.7 Å². The predicted octanol–water partition coefficient (Wildman–Crippen LogP) is 0.425. The third-order valence-electron chi connectivity index (χ3n) is 7.76. The van der Waals surface area contributed by atoms with E-state index in [9.17, 15) is 14.4 Å². The maximum absolute atomic E-state index is 12.7. The van der Waals surface area contributed by atoms with Gasteiger partial charge in [0.15, 0.2) is 0 Å². The average Bonchev–Trinajstić information content (AvgIpc) is 3.19. The van der Waals surface area contributed by atoms with E-state index in [0.717, 1.165) is 32.0 Å². The Balaban J connectivity index is 1.15. The van der Waals surface area contributed by atoms with E-state index in [-0.39, 0.29) is 17.8 Å². The molecule has 2 aliphatic heterocycles. The Kier molecular flexibility index (Phi) is 6.78. The number of nitrogens with one attached hydrogen (secondary N) is 1. The molecule has 198 valence electrons. The number of carbonyl (C=O) groups is 2. The highest BCUT2D eigenvalue weighted by molar-refractivity contribution is 5.89. The minimum atomic E-state index is -0.944. The van der Waals surface area contributed by atoms with Crippen molar-refractivity contribution in [3.05, 3.63) is 52.6 Å². The summed E-state index contributed by atoms with van der Waals surface area (Å²) in [7, 11) is 0. The van der Waals surface area contributed by atoms with E-state index in [1.54, 1.807) is 35.9 Å². The number of rotatable bonds is 5. The van der Waals surface area contributed by atoms with Crippen molar-refractivity contribution in [3.8, 4) is 5.69 Å². The van der Waals surface area contributed by atoms with Gasteiger partial charge in [-0.15, -0.1) is 0 Å². The van der Waals surface area contributed by atoms with Crippen LogP contribution < -0.4 is 22.5 Å². The fourth-order valence-electron chi connectivity index (χ4n) is 5.58. The molecule has 3 aliphatic rings. The van der Waals surface area contributed by atoms with Gasteiger partial charge in [0.25, 0.3) is 0 Å². The number of piperazine rings is 1. The van der Waals surface area contributed by atoms with Gasteiger partial charge in [-0.2, -0.15) is 4.98 Å². The zero-order valence-electron chi connectivity index (χ0n) is 21.5. The molecule has 0 bridgehead atoms. The van der Waals surface area contributed by atoms with E-state index < -0.39 is 11.2 Å². The van der Waals surface area contributed by atoms with E-state index in [1.807, 2.05) is 24.3 Å². The van der Waals surface area contributed by atoms with Gasteiger partial charge in [0.2, 0.25) is 5.91 Å². The van der Waals surface area contributed by atoms with E-state index >= 15 is 0 Å². The lowest BCUT2D eigenvalue weighted by atomic mass is 9.72. The van der Waals surface area contributed by atoms with E-state index in [4.69, 9.17) is 11.5 Å². The molecule has 3 fully saturated rings. The quantitative estimate of drug-likeness (QED) is 0.531. The molecular weight excluding hydrogens is 472 g/mol. The number of aromatic nitrogens is 2. The van der Waals surface area contributed by atoms with Gasteiger partial charge in [0.05, 0.1) is 11.2 Å². The number of hydrogen-bond donors (Lipinski definition) is 3. The fraction of sp³-hybridized carbons (Fsp3) is 0.538. The van der Waals surface area contributed by atoms with Gasteiger partial charge in [0, 0.05) is 58.1 Å². The second-order valence-electron chi connectivity index (χ2n) is 11.1. The van der Waals surface area contributed by atoms with Crippen LogP contribution in [0.3, 0.4) is 0 Å². The minimum absolute atomic E-state index is 0.140. The van der Waals surface area contributed by atoms with Crippen molar-refractivity contribution in [1.29, 1.82) is 0 Å².